The predicted octanol–water partition coefficient (Wildman–Crippen LogP) is 3.94. The van der Waals surface area contributed by atoms with Crippen LogP contribution in [0.1, 0.15) is 42.8 Å². The Labute approximate surface area is 190 Å². The summed E-state index contributed by atoms with van der Waals surface area (Å²) in [6.07, 6.45) is 1.76. The number of amides is 3. The van der Waals surface area contributed by atoms with Gasteiger partial charge in [-0.15, -0.1) is 0 Å². The van der Waals surface area contributed by atoms with E-state index in [0.717, 1.165) is 12.0 Å². The first-order chi connectivity index (χ1) is 14.8. The van der Waals surface area contributed by atoms with Gasteiger partial charge >= 0.3 is 0 Å². The minimum atomic E-state index is -0.338. The largest absolute Gasteiger partial charge is 0.444 e. The fourth-order valence-corrected chi connectivity index (χ4v) is 3.70. The van der Waals surface area contributed by atoms with E-state index >= 15 is 0 Å². The second-order valence-electron chi connectivity index (χ2n) is 8.13. The maximum Gasteiger partial charge on any atom is 0.291 e. The summed E-state index contributed by atoms with van der Waals surface area (Å²) >= 11 is 3.17. The molecule has 1 aliphatic heterocycles. The van der Waals surface area contributed by atoms with E-state index in [1.165, 1.54) is 0 Å². The van der Waals surface area contributed by atoms with Crippen LogP contribution in [-0.2, 0) is 16.0 Å². The first-order valence-electron chi connectivity index (χ1n) is 10.5. The third kappa shape index (κ3) is 6.69. The van der Waals surface area contributed by atoms with Gasteiger partial charge in [0, 0.05) is 38.3 Å². The number of halogens is 1. The molecule has 1 fully saturated rings. The third-order valence-electron chi connectivity index (χ3n) is 5.28. The van der Waals surface area contributed by atoms with E-state index in [2.05, 4.69) is 35.1 Å². The normalized spacial score (nSPS) is 14.1. The molecule has 0 bridgehead atoms. The molecule has 0 saturated carbocycles. The van der Waals surface area contributed by atoms with Crippen molar-refractivity contribution >= 4 is 39.3 Å². The molecule has 31 heavy (non-hydrogen) atoms. The van der Waals surface area contributed by atoms with Crippen LogP contribution in [0.3, 0.4) is 0 Å². The van der Waals surface area contributed by atoms with E-state index in [1.54, 1.807) is 24.3 Å². The van der Waals surface area contributed by atoms with Crippen LogP contribution in [-0.4, -0.2) is 53.7 Å². The van der Waals surface area contributed by atoms with Crippen LogP contribution in [0.25, 0.3) is 0 Å². The Bertz CT molecular complexity index is 915. The fraction of sp³-hybridized carbons (Fsp3) is 0.435. The molecular weight excluding hydrogens is 462 g/mol. The molecule has 0 atom stereocenters. The Balaban J connectivity index is 1.45. The third-order valence-corrected chi connectivity index (χ3v) is 5.71. The fourth-order valence-electron chi connectivity index (χ4n) is 3.40. The number of anilines is 1. The first kappa shape index (κ1) is 23.1. The molecule has 3 rings (SSSR count). The van der Waals surface area contributed by atoms with Gasteiger partial charge in [0.15, 0.2) is 10.4 Å². The van der Waals surface area contributed by atoms with Crippen LogP contribution < -0.4 is 5.32 Å². The maximum atomic E-state index is 12.6. The number of hydrogen-bond acceptors (Lipinski definition) is 4. The molecule has 1 saturated heterocycles. The monoisotopic (exact) mass is 489 g/mol. The number of furan rings is 1. The van der Waals surface area contributed by atoms with Gasteiger partial charge in [0.2, 0.25) is 11.8 Å². The van der Waals surface area contributed by atoms with Crippen LogP contribution in [0.5, 0.6) is 0 Å². The Morgan fingerprint density at radius 2 is 1.58 bits per heavy atom. The van der Waals surface area contributed by atoms with Crippen molar-refractivity contribution in [2.75, 3.05) is 31.5 Å². The highest BCUT2D eigenvalue weighted by molar-refractivity contribution is 9.10. The summed E-state index contributed by atoms with van der Waals surface area (Å²) in [5.74, 6) is 0.619. The molecule has 166 valence electrons. The van der Waals surface area contributed by atoms with Crippen LogP contribution in [0.2, 0.25) is 0 Å². The van der Waals surface area contributed by atoms with Crippen molar-refractivity contribution in [3.05, 3.63) is 52.4 Å². The highest BCUT2D eigenvalue weighted by Gasteiger charge is 2.24. The summed E-state index contributed by atoms with van der Waals surface area (Å²) in [5, 5.41) is 2.76. The lowest BCUT2D eigenvalue weighted by molar-refractivity contribution is -0.139. The molecule has 2 heterocycles. The van der Waals surface area contributed by atoms with Crippen molar-refractivity contribution in [3.63, 3.8) is 0 Å². The van der Waals surface area contributed by atoms with Gasteiger partial charge in [-0.05, 0) is 58.1 Å². The van der Waals surface area contributed by atoms with E-state index < -0.39 is 0 Å². The van der Waals surface area contributed by atoms with Gasteiger partial charge in [0.1, 0.15) is 0 Å². The van der Waals surface area contributed by atoms with E-state index in [0.29, 0.717) is 55.3 Å². The summed E-state index contributed by atoms with van der Waals surface area (Å²) in [7, 11) is 0. The minimum absolute atomic E-state index is 0.0477. The van der Waals surface area contributed by atoms with Crippen molar-refractivity contribution in [2.24, 2.45) is 5.92 Å². The van der Waals surface area contributed by atoms with Gasteiger partial charge in [-0.1, -0.05) is 26.0 Å². The Morgan fingerprint density at radius 3 is 2.13 bits per heavy atom. The molecular formula is C23H28BrN3O4. The topological polar surface area (TPSA) is 82.9 Å². The van der Waals surface area contributed by atoms with Gasteiger partial charge in [0.05, 0.1) is 6.42 Å². The summed E-state index contributed by atoms with van der Waals surface area (Å²) in [4.78, 5) is 40.7. The average molecular weight is 490 g/mol. The van der Waals surface area contributed by atoms with Gasteiger partial charge in [0.25, 0.3) is 5.91 Å². The van der Waals surface area contributed by atoms with E-state index in [4.69, 9.17) is 4.42 Å². The van der Waals surface area contributed by atoms with Crippen LogP contribution >= 0.6 is 15.9 Å². The second-order valence-corrected chi connectivity index (χ2v) is 8.91. The number of nitrogens with one attached hydrogen (secondary N) is 1. The van der Waals surface area contributed by atoms with Gasteiger partial charge in [-0.2, -0.15) is 0 Å². The summed E-state index contributed by atoms with van der Waals surface area (Å²) in [6.45, 7) is 6.55. The molecule has 0 unspecified atom stereocenters. The zero-order valence-corrected chi connectivity index (χ0v) is 19.5. The number of hydrogen-bond donors (Lipinski definition) is 1. The Kier molecular flexibility index (Phi) is 7.90. The van der Waals surface area contributed by atoms with Crippen molar-refractivity contribution in [1.82, 2.24) is 9.80 Å². The minimum Gasteiger partial charge on any atom is -0.444 e. The van der Waals surface area contributed by atoms with Crippen molar-refractivity contribution in [2.45, 2.75) is 33.1 Å². The molecule has 2 aromatic rings. The number of carbonyl (C=O) groups is 3. The van der Waals surface area contributed by atoms with Crippen molar-refractivity contribution < 1.29 is 18.8 Å². The zero-order chi connectivity index (χ0) is 22.4. The molecule has 1 aromatic carbocycles. The number of carbonyl (C=O) groups excluding carboxylic acids is 3. The molecule has 1 N–H and O–H groups in total. The molecule has 0 spiro atoms. The lowest BCUT2D eigenvalue weighted by Gasteiger charge is -2.35. The predicted molar refractivity (Wildman–Crippen MR) is 122 cm³/mol. The first-order valence-corrected chi connectivity index (χ1v) is 11.3. The van der Waals surface area contributed by atoms with Crippen molar-refractivity contribution in [1.29, 1.82) is 0 Å². The molecule has 7 nitrogen and oxygen atoms in total. The number of rotatable bonds is 7. The molecule has 1 aromatic heterocycles. The summed E-state index contributed by atoms with van der Waals surface area (Å²) in [6, 6.07) is 10.4. The highest BCUT2D eigenvalue weighted by Crippen LogP contribution is 2.17. The van der Waals surface area contributed by atoms with Gasteiger partial charge in [-0.25, -0.2) is 0 Å². The Morgan fingerprint density at radius 1 is 0.968 bits per heavy atom. The molecule has 0 aliphatic carbocycles. The van der Waals surface area contributed by atoms with Crippen LogP contribution in [0, 0.1) is 5.92 Å². The molecule has 1 aliphatic rings. The van der Waals surface area contributed by atoms with Gasteiger partial charge in [-0.3, -0.25) is 14.4 Å². The van der Waals surface area contributed by atoms with E-state index in [1.807, 2.05) is 21.9 Å². The molecule has 8 heteroatoms. The van der Waals surface area contributed by atoms with Crippen LogP contribution in [0.4, 0.5) is 5.69 Å². The summed E-state index contributed by atoms with van der Waals surface area (Å²) < 4.78 is 5.73. The van der Waals surface area contributed by atoms with Crippen molar-refractivity contribution in [3.8, 4) is 0 Å². The van der Waals surface area contributed by atoms with Gasteiger partial charge < -0.3 is 19.5 Å². The standard InChI is InChI=1S/C23H28BrN3O4/c1-16(2)3-10-21(28)26-11-13-27(14-12-26)22(29)15-17-4-6-18(7-5-17)25-23(30)19-8-9-20(24)31-19/h4-9,16H,3,10-15H2,1-2H3,(H,25,30). The summed E-state index contributed by atoms with van der Waals surface area (Å²) in [5.41, 5.74) is 1.50. The zero-order valence-electron chi connectivity index (χ0n) is 17.9. The maximum absolute atomic E-state index is 12.6. The smallest absolute Gasteiger partial charge is 0.291 e. The average Bonchev–Trinajstić information content (AvgIpc) is 3.20. The number of piperazine rings is 1. The van der Waals surface area contributed by atoms with Crippen LogP contribution in [0.15, 0.2) is 45.5 Å². The second kappa shape index (κ2) is 10.6. The lowest BCUT2D eigenvalue weighted by atomic mass is 10.1. The number of benzene rings is 1. The quantitative estimate of drug-likeness (QED) is 0.638. The van der Waals surface area contributed by atoms with E-state index in [9.17, 15) is 14.4 Å². The molecule has 0 radical (unpaired) electrons. The number of nitrogens with zero attached hydrogens (tertiary/aromatic N) is 2. The highest BCUT2D eigenvalue weighted by atomic mass is 79.9. The Hall–Kier alpha value is -2.61. The SMILES string of the molecule is CC(C)CCC(=O)N1CCN(C(=O)Cc2ccc(NC(=O)c3ccc(Br)o3)cc2)CC1. The molecule has 3 amide bonds. The van der Waals surface area contributed by atoms with E-state index in [-0.39, 0.29) is 23.5 Å². The lowest BCUT2D eigenvalue weighted by Crippen LogP contribution is -2.51.